The second-order valence-electron chi connectivity index (χ2n) is 4.07. The largest absolute Gasteiger partial charge is 0.490 e. The fraction of sp³-hybridized carbons (Fsp3) is 0.462. The zero-order valence-electron chi connectivity index (χ0n) is 10.5. The van der Waals surface area contributed by atoms with Crippen molar-refractivity contribution < 1.29 is 23.7 Å². The number of carbonyl (C=O) groups is 1. The van der Waals surface area contributed by atoms with Gasteiger partial charge in [0.05, 0.1) is 11.7 Å². The number of benzene rings is 1. The Morgan fingerprint density at radius 2 is 2.11 bits per heavy atom. The normalized spacial score (nSPS) is 14.3. The van der Waals surface area contributed by atoms with Crippen LogP contribution in [0.3, 0.4) is 0 Å². The van der Waals surface area contributed by atoms with Crippen molar-refractivity contribution in [1.82, 2.24) is 0 Å². The van der Waals surface area contributed by atoms with Crippen molar-refractivity contribution in [3.63, 3.8) is 0 Å². The third-order valence-corrected chi connectivity index (χ3v) is 2.69. The summed E-state index contributed by atoms with van der Waals surface area (Å²) in [4.78, 5) is 11.0. The highest BCUT2D eigenvalue weighted by Crippen LogP contribution is 2.37. The molecule has 2 rings (SSSR count). The molecule has 0 saturated heterocycles. The van der Waals surface area contributed by atoms with E-state index in [2.05, 4.69) is 0 Å². The van der Waals surface area contributed by atoms with Gasteiger partial charge in [0.2, 0.25) is 6.79 Å². The minimum absolute atomic E-state index is 0.0379. The number of aldehydes is 1. The predicted molar refractivity (Wildman–Crippen MR) is 64.5 cm³/mol. The summed E-state index contributed by atoms with van der Waals surface area (Å²) in [5.41, 5.74) is 0.462. The van der Waals surface area contributed by atoms with Crippen molar-refractivity contribution in [2.24, 2.45) is 0 Å². The maximum absolute atomic E-state index is 11.0. The first-order chi connectivity index (χ1) is 8.74. The number of carbonyl (C=O) groups excluding carboxylic acids is 1. The topological polar surface area (TPSA) is 54.0 Å². The average molecular weight is 252 g/mol. The monoisotopic (exact) mass is 252 g/mol. The van der Waals surface area contributed by atoms with Crippen LogP contribution in [-0.4, -0.2) is 32.9 Å². The molecule has 0 spiro atoms. The van der Waals surface area contributed by atoms with E-state index in [1.807, 2.05) is 6.92 Å². The molecule has 5 nitrogen and oxygen atoms in total. The summed E-state index contributed by atoms with van der Waals surface area (Å²) in [6, 6.07) is 3.32. The summed E-state index contributed by atoms with van der Waals surface area (Å²) >= 11 is 0. The van der Waals surface area contributed by atoms with Crippen molar-refractivity contribution in [2.75, 3.05) is 20.5 Å². The SMILES string of the molecule is COCCC(C)Oc1cc2c(cc1C=O)OCO2. The molecule has 1 aliphatic rings. The highest BCUT2D eigenvalue weighted by molar-refractivity contribution is 5.81. The van der Waals surface area contributed by atoms with Crippen LogP contribution in [0.4, 0.5) is 0 Å². The molecule has 0 saturated carbocycles. The Bertz CT molecular complexity index is 430. The first kappa shape index (κ1) is 12.7. The van der Waals surface area contributed by atoms with Crippen LogP contribution in [0.15, 0.2) is 12.1 Å². The molecule has 0 fully saturated rings. The lowest BCUT2D eigenvalue weighted by molar-refractivity contribution is 0.110. The first-order valence-electron chi connectivity index (χ1n) is 5.79. The van der Waals surface area contributed by atoms with E-state index in [0.29, 0.717) is 29.4 Å². The number of hydrogen-bond acceptors (Lipinski definition) is 5. The molecule has 1 aromatic carbocycles. The van der Waals surface area contributed by atoms with Gasteiger partial charge in [-0.1, -0.05) is 0 Å². The lowest BCUT2D eigenvalue weighted by atomic mass is 10.2. The van der Waals surface area contributed by atoms with Gasteiger partial charge in [-0.25, -0.2) is 0 Å². The van der Waals surface area contributed by atoms with E-state index < -0.39 is 0 Å². The molecule has 0 amide bonds. The van der Waals surface area contributed by atoms with E-state index in [0.717, 1.165) is 12.7 Å². The Kier molecular flexibility index (Phi) is 4.04. The molecule has 0 radical (unpaired) electrons. The van der Waals surface area contributed by atoms with Crippen LogP contribution in [0.2, 0.25) is 0 Å². The van der Waals surface area contributed by atoms with Gasteiger partial charge in [-0.15, -0.1) is 0 Å². The Morgan fingerprint density at radius 1 is 1.39 bits per heavy atom. The molecule has 0 N–H and O–H groups in total. The van der Waals surface area contributed by atoms with Crippen LogP contribution >= 0.6 is 0 Å². The van der Waals surface area contributed by atoms with Crippen LogP contribution < -0.4 is 14.2 Å². The number of hydrogen-bond donors (Lipinski definition) is 0. The summed E-state index contributed by atoms with van der Waals surface area (Å²) < 4.78 is 21.2. The van der Waals surface area contributed by atoms with Crippen LogP contribution in [-0.2, 0) is 4.74 Å². The minimum atomic E-state index is -0.0379. The van der Waals surface area contributed by atoms with Gasteiger partial charge in [0.1, 0.15) is 5.75 Å². The maximum atomic E-state index is 11.0. The Balaban J connectivity index is 2.14. The summed E-state index contributed by atoms with van der Waals surface area (Å²) in [7, 11) is 1.64. The van der Waals surface area contributed by atoms with Crippen LogP contribution in [0, 0.1) is 0 Å². The van der Waals surface area contributed by atoms with Crippen molar-refractivity contribution in [1.29, 1.82) is 0 Å². The molecular weight excluding hydrogens is 236 g/mol. The Labute approximate surface area is 106 Å². The van der Waals surface area contributed by atoms with Crippen molar-refractivity contribution >= 4 is 6.29 Å². The van der Waals surface area contributed by atoms with Crippen LogP contribution in [0.1, 0.15) is 23.7 Å². The fourth-order valence-electron chi connectivity index (χ4n) is 1.69. The quantitative estimate of drug-likeness (QED) is 0.725. The first-order valence-corrected chi connectivity index (χ1v) is 5.79. The summed E-state index contributed by atoms with van der Waals surface area (Å²) in [5, 5.41) is 0. The molecule has 1 unspecified atom stereocenters. The highest BCUT2D eigenvalue weighted by atomic mass is 16.7. The summed E-state index contributed by atoms with van der Waals surface area (Å²) in [6.07, 6.45) is 1.47. The predicted octanol–water partition coefficient (Wildman–Crippen LogP) is 2.03. The van der Waals surface area contributed by atoms with Gasteiger partial charge < -0.3 is 18.9 Å². The van der Waals surface area contributed by atoms with E-state index in [4.69, 9.17) is 18.9 Å². The van der Waals surface area contributed by atoms with E-state index in [1.54, 1.807) is 19.2 Å². The third-order valence-electron chi connectivity index (χ3n) is 2.69. The molecular formula is C13H16O5. The smallest absolute Gasteiger partial charge is 0.231 e. The van der Waals surface area contributed by atoms with Crippen molar-refractivity contribution in [3.05, 3.63) is 17.7 Å². The third kappa shape index (κ3) is 2.73. The lowest BCUT2D eigenvalue weighted by Gasteiger charge is -2.16. The molecule has 5 heteroatoms. The van der Waals surface area contributed by atoms with Gasteiger partial charge in [-0.05, 0) is 13.0 Å². The highest BCUT2D eigenvalue weighted by Gasteiger charge is 2.18. The molecule has 1 heterocycles. The van der Waals surface area contributed by atoms with Crippen molar-refractivity contribution in [2.45, 2.75) is 19.4 Å². The van der Waals surface area contributed by atoms with E-state index in [1.165, 1.54) is 0 Å². The summed E-state index contributed by atoms with van der Waals surface area (Å²) in [6.45, 7) is 2.72. The Morgan fingerprint density at radius 3 is 2.78 bits per heavy atom. The fourth-order valence-corrected chi connectivity index (χ4v) is 1.69. The zero-order valence-corrected chi connectivity index (χ0v) is 10.5. The minimum Gasteiger partial charge on any atom is -0.490 e. The zero-order chi connectivity index (χ0) is 13.0. The van der Waals surface area contributed by atoms with E-state index in [-0.39, 0.29) is 12.9 Å². The Hall–Kier alpha value is -1.75. The molecule has 98 valence electrons. The van der Waals surface area contributed by atoms with Gasteiger partial charge in [-0.3, -0.25) is 4.79 Å². The van der Waals surface area contributed by atoms with Crippen molar-refractivity contribution in [3.8, 4) is 17.2 Å². The number of methoxy groups -OCH3 is 1. The van der Waals surface area contributed by atoms with E-state index >= 15 is 0 Å². The van der Waals surface area contributed by atoms with Gasteiger partial charge in [0.25, 0.3) is 0 Å². The van der Waals surface area contributed by atoms with Crippen LogP contribution in [0.25, 0.3) is 0 Å². The number of ether oxygens (including phenoxy) is 4. The lowest BCUT2D eigenvalue weighted by Crippen LogP contribution is -2.15. The van der Waals surface area contributed by atoms with Gasteiger partial charge in [0, 0.05) is 26.2 Å². The second kappa shape index (κ2) is 5.73. The van der Waals surface area contributed by atoms with Gasteiger partial charge in [0.15, 0.2) is 17.8 Å². The molecule has 1 aromatic rings. The van der Waals surface area contributed by atoms with Crippen LogP contribution in [0.5, 0.6) is 17.2 Å². The van der Waals surface area contributed by atoms with E-state index in [9.17, 15) is 4.79 Å². The second-order valence-corrected chi connectivity index (χ2v) is 4.07. The molecule has 1 aliphatic heterocycles. The maximum Gasteiger partial charge on any atom is 0.231 e. The standard InChI is InChI=1S/C13H16O5/c1-9(3-4-15-2)18-11-6-13-12(16-8-17-13)5-10(11)7-14/h5-7,9H,3-4,8H2,1-2H3. The van der Waals surface area contributed by atoms with Gasteiger partial charge in [-0.2, -0.15) is 0 Å². The molecule has 18 heavy (non-hydrogen) atoms. The van der Waals surface area contributed by atoms with Gasteiger partial charge >= 0.3 is 0 Å². The molecule has 1 atom stereocenters. The molecule has 0 aliphatic carbocycles. The number of fused-ring (bicyclic) bond motifs is 1. The average Bonchev–Trinajstić information content (AvgIpc) is 2.82. The summed E-state index contributed by atoms with van der Waals surface area (Å²) in [5.74, 6) is 1.70. The number of rotatable bonds is 6. The molecule has 0 bridgehead atoms. The molecule has 0 aromatic heterocycles.